The van der Waals surface area contributed by atoms with Gasteiger partial charge in [-0.15, -0.1) is 12.4 Å². The van der Waals surface area contributed by atoms with E-state index >= 15 is 0 Å². The summed E-state index contributed by atoms with van der Waals surface area (Å²) in [7, 11) is 0. The van der Waals surface area contributed by atoms with Crippen LogP contribution < -0.4 is 10.2 Å². The highest BCUT2D eigenvalue weighted by Crippen LogP contribution is 2.27. The number of para-hydroxylation sites is 1. The predicted octanol–water partition coefficient (Wildman–Crippen LogP) is 1.36. The van der Waals surface area contributed by atoms with Gasteiger partial charge in [-0.25, -0.2) is 8.78 Å². The number of hydrogen-bond acceptors (Lipinski definition) is 4. The molecule has 2 amide bonds. The summed E-state index contributed by atoms with van der Waals surface area (Å²) in [6.07, 6.45) is 0.331. The zero-order chi connectivity index (χ0) is 19.0. The van der Waals surface area contributed by atoms with Crippen LogP contribution in [0, 0.1) is 0 Å². The fourth-order valence-electron chi connectivity index (χ4n) is 4.23. The molecule has 3 aliphatic heterocycles. The normalized spacial score (nSPS) is 27.7. The maximum atomic E-state index is 13.3. The van der Waals surface area contributed by atoms with Crippen LogP contribution in [0.4, 0.5) is 14.5 Å². The lowest BCUT2D eigenvalue weighted by Gasteiger charge is -2.38. The molecule has 4 rings (SSSR count). The zero-order valence-corrected chi connectivity index (χ0v) is 16.3. The molecule has 0 spiro atoms. The van der Waals surface area contributed by atoms with Gasteiger partial charge in [-0.05, 0) is 18.6 Å². The quantitative estimate of drug-likeness (QED) is 0.811. The van der Waals surface area contributed by atoms with Gasteiger partial charge >= 0.3 is 0 Å². The van der Waals surface area contributed by atoms with E-state index < -0.39 is 24.9 Å². The first-order valence-corrected chi connectivity index (χ1v) is 9.45. The minimum absolute atomic E-state index is 0. The Hall–Kier alpha value is -1.77. The van der Waals surface area contributed by atoms with Crippen molar-refractivity contribution in [2.45, 2.75) is 30.8 Å². The second-order valence-corrected chi connectivity index (χ2v) is 7.48. The highest BCUT2D eigenvalue weighted by atomic mass is 35.5. The molecule has 3 saturated heterocycles. The number of amides is 2. The number of nitrogens with zero attached hydrogens (tertiary/aromatic N) is 3. The highest BCUT2D eigenvalue weighted by Gasteiger charge is 2.44. The molecule has 3 aliphatic rings. The van der Waals surface area contributed by atoms with Crippen LogP contribution in [0.3, 0.4) is 0 Å². The van der Waals surface area contributed by atoms with Crippen LogP contribution in [0.25, 0.3) is 0 Å². The largest absolute Gasteiger partial charge is 0.339 e. The van der Waals surface area contributed by atoms with Crippen molar-refractivity contribution in [2.24, 2.45) is 0 Å². The van der Waals surface area contributed by atoms with Crippen LogP contribution in [0.5, 0.6) is 0 Å². The first-order chi connectivity index (χ1) is 12.9. The maximum absolute atomic E-state index is 13.3. The third-order valence-corrected chi connectivity index (χ3v) is 5.72. The monoisotopic (exact) mass is 414 g/mol. The van der Waals surface area contributed by atoms with Crippen LogP contribution in [0.2, 0.25) is 0 Å². The lowest BCUT2D eigenvalue weighted by molar-refractivity contribution is -0.136. The minimum Gasteiger partial charge on any atom is -0.339 e. The molecule has 0 aromatic heterocycles. The second-order valence-electron chi connectivity index (χ2n) is 7.48. The molecule has 3 fully saturated rings. The summed E-state index contributed by atoms with van der Waals surface area (Å²) >= 11 is 0. The maximum Gasteiger partial charge on any atom is 0.262 e. The lowest BCUT2D eigenvalue weighted by Crippen LogP contribution is -2.56. The Balaban J connectivity index is 0.00000225. The van der Waals surface area contributed by atoms with Gasteiger partial charge in [0.2, 0.25) is 11.8 Å². The molecule has 0 aliphatic carbocycles. The Bertz CT molecular complexity index is 713. The topological polar surface area (TPSA) is 55.9 Å². The van der Waals surface area contributed by atoms with Crippen molar-refractivity contribution in [1.82, 2.24) is 15.1 Å². The molecule has 0 radical (unpaired) electrons. The zero-order valence-electron chi connectivity index (χ0n) is 15.5. The minimum atomic E-state index is -2.81. The van der Waals surface area contributed by atoms with Gasteiger partial charge in [0.1, 0.15) is 0 Å². The summed E-state index contributed by atoms with van der Waals surface area (Å²) < 4.78 is 26.6. The molecule has 2 atom stereocenters. The van der Waals surface area contributed by atoms with Gasteiger partial charge in [-0.1, -0.05) is 18.2 Å². The summed E-state index contributed by atoms with van der Waals surface area (Å²) in [5, 5.41) is 2.63. The van der Waals surface area contributed by atoms with Gasteiger partial charge in [-0.2, -0.15) is 0 Å². The Morgan fingerprint density at radius 3 is 2.36 bits per heavy atom. The number of carbonyl (C=O) groups excluding carboxylic acids is 2. The van der Waals surface area contributed by atoms with E-state index in [0.717, 1.165) is 12.1 Å². The number of rotatable bonds is 3. The Morgan fingerprint density at radius 1 is 1.07 bits per heavy atom. The first kappa shape index (κ1) is 21.0. The van der Waals surface area contributed by atoms with Crippen molar-refractivity contribution in [3.63, 3.8) is 0 Å². The molecule has 6 nitrogen and oxygen atoms in total. The Kier molecular flexibility index (Phi) is 6.21. The molecule has 28 heavy (non-hydrogen) atoms. The van der Waals surface area contributed by atoms with Crippen molar-refractivity contribution in [2.75, 3.05) is 44.2 Å². The van der Waals surface area contributed by atoms with E-state index in [4.69, 9.17) is 0 Å². The van der Waals surface area contributed by atoms with E-state index in [1.54, 1.807) is 4.90 Å². The molecule has 1 aromatic carbocycles. The number of carbonyl (C=O) groups is 2. The van der Waals surface area contributed by atoms with Gasteiger partial charge in [0.05, 0.1) is 18.6 Å². The number of halogens is 3. The number of nitrogens with one attached hydrogen (secondary N) is 1. The summed E-state index contributed by atoms with van der Waals surface area (Å²) in [6.45, 7) is 2.38. The van der Waals surface area contributed by atoms with E-state index in [0.29, 0.717) is 32.7 Å². The number of benzene rings is 1. The van der Waals surface area contributed by atoms with Gasteiger partial charge in [0.15, 0.2) is 0 Å². The number of piperazine rings is 1. The van der Waals surface area contributed by atoms with Gasteiger partial charge in [0, 0.05) is 44.8 Å². The fourth-order valence-corrected chi connectivity index (χ4v) is 4.23. The van der Waals surface area contributed by atoms with Crippen LogP contribution in [-0.4, -0.2) is 78.9 Å². The van der Waals surface area contributed by atoms with Gasteiger partial charge < -0.3 is 9.80 Å². The van der Waals surface area contributed by atoms with E-state index in [1.165, 1.54) is 0 Å². The molecule has 1 aromatic rings. The molecule has 3 heterocycles. The van der Waals surface area contributed by atoms with Gasteiger partial charge in [0.25, 0.3) is 5.92 Å². The molecule has 1 N–H and O–H groups in total. The summed E-state index contributed by atoms with van der Waals surface area (Å²) in [5.74, 6) is -2.96. The van der Waals surface area contributed by atoms with Crippen LogP contribution in [0.1, 0.15) is 12.8 Å². The van der Waals surface area contributed by atoms with Gasteiger partial charge in [-0.3, -0.25) is 19.8 Å². The summed E-state index contributed by atoms with van der Waals surface area (Å²) in [5.41, 5.74) is 0.909. The SMILES string of the molecule is Cl.O=C(C1CC(F)(F)CN1)N1CCN(C2CCN(c3ccccc3)C2=O)CC1. The van der Waals surface area contributed by atoms with E-state index in [-0.39, 0.29) is 30.3 Å². The van der Waals surface area contributed by atoms with E-state index in [1.807, 2.05) is 35.2 Å². The molecular weight excluding hydrogens is 390 g/mol. The fraction of sp³-hybridized carbons (Fsp3) is 0.579. The van der Waals surface area contributed by atoms with Crippen molar-refractivity contribution in [3.05, 3.63) is 30.3 Å². The van der Waals surface area contributed by atoms with Crippen molar-refractivity contribution in [3.8, 4) is 0 Å². The third-order valence-electron chi connectivity index (χ3n) is 5.72. The molecule has 0 saturated carbocycles. The second kappa shape index (κ2) is 8.31. The molecule has 9 heteroatoms. The smallest absolute Gasteiger partial charge is 0.262 e. The van der Waals surface area contributed by atoms with E-state index in [9.17, 15) is 18.4 Å². The first-order valence-electron chi connectivity index (χ1n) is 9.45. The standard InChI is InChI=1S/C19H24F2N4O2.ClH/c20-19(21)12-15(22-13-19)17(26)24-10-8-23(9-11-24)16-6-7-25(18(16)27)14-4-2-1-3-5-14;/h1-5,15-16,22H,6-13H2;1H. The average Bonchev–Trinajstić information content (AvgIpc) is 3.24. The van der Waals surface area contributed by atoms with Crippen molar-refractivity contribution < 1.29 is 18.4 Å². The molecule has 0 bridgehead atoms. The number of anilines is 1. The third kappa shape index (κ3) is 4.14. The van der Waals surface area contributed by atoms with E-state index in [2.05, 4.69) is 10.2 Å². The highest BCUT2D eigenvalue weighted by molar-refractivity contribution is 5.99. The number of hydrogen-bond donors (Lipinski definition) is 1. The van der Waals surface area contributed by atoms with Crippen LogP contribution in [0.15, 0.2) is 30.3 Å². The number of alkyl halides is 2. The van der Waals surface area contributed by atoms with Crippen molar-refractivity contribution >= 4 is 29.9 Å². The predicted molar refractivity (Wildman–Crippen MR) is 104 cm³/mol. The van der Waals surface area contributed by atoms with Crippen molar-refractivity contribution in [1.29, 1.82) is 0 Å². The van der Waals surface area contributed by atoms with Crippen LogP contribution >= 0.6 is 12.4 Å². The molecule has 2 unspecified atom stereocenters. The average molecular weight is 415 g/mol. The Labute approximate surface area is 169 Å². The van der Waals surface area contributed by atoms with Crippen LogP contribution in [-0.2, 0) is 9.59 Å². The Morgan fingerprint density at radius 2 is 1.75 bits per heavy atom. The summed E-state index contributed by atoms with van der Waals surface area (Å²) in [6, 6.07) is 8.65. The lowest BCUT2D eigenvalue weighted by atomic mass is 10.1. The summed E-state index contributed by atoms with van der Waals surface area (Å²) in [4.78, 5) is 30.8. The molecule has 154 valence electrons. The molecular formula is C19H25ClF2N4O2.